The highest BCUT2D eigenvalue weighted by molar-refractivity contribution is 6.30. The molecule has 1 fully saturated rings. The first-order valence-electron chi connectivity index (χ1n) is 10.6. The number of fused-ring (bicyclic) bond motifs is 1. The molecule has 0 saturated carbocycles. The molecule has 1 aliphatic heterocycles. The van der Waals surface area contributed by atoms with Crippen LogP contribution >= 0.6 is 11.6 Å². The first-order valence-corrected chi connectivity index (χ1v) is 10.9. The fourth-order valence-electron chi connectivity index (χ4n) is 3.78. The number of amides is 1. The van der Waals surface area contributed by atoms with Gasteiger partial charge in [-0.2, -0.15) is 4.98 Å². The van der Waals surface area contributed by atoms with E-state index >= 15 is 0 Å². The van der Waals surface area contributed by atoms with Crippen LogP contribution < -0.4 is 10.2 Å². The van der Waals surface area contributed by atoms with Crippen molar-refractivity contribution in [3.63, 3.8) is 0 Å². The molecule has 0 radical (unpaired) electrons. The number of carbonyl (C=O) groups is 1. The number of benzene rings is 1. The highest BCUT2D eigenvalue weighted by Gasteiger charge is 2.22. The Morgan fingerprint density at radius 1 is 1.23 bits per heavy atom. The molecule has 1 N–H and O–H groups in total. The number of carbonyl (C=O) groups excluding carboxylic acids is 1. The van der Waals surface area contributed by atoms with Crippen molar-refractivity contribution in [3.05, 3.63) is 46.4 Å². The zero-order chi connectivity index (χ0) is 20.9. The smallest absolute Gasteiger partial charge is 0.263 e. The summed E-state index contributed by atoms with van der Waals surface area (Å²) in [5.74, 6) is 1.46. The lowest BCUT2D eigenvalue weighted by Crippen LogP contribution is -2.31. The molecule has 0 atom stereocenters. The minimum Gasteiger partial charge on any atom is -0.356 e. The van der Waals surface area contributed by atoms with Crippen molar-refractivity contribution in [2.24, 2.45) is 0 Å². The lowest BCUT2D eigenvalue weighted by Gasteiger charge is -2.28. The monoisotopic (exact) mass is 427 g/mol. The molecule has 0 spiro atoms. The number of aromatic nitrogens is 3. The first kappa shape index (κ1) is 20.6. The maximum Gasteiger partial charge on any atom is 0.263 e. The van der Waals surface area contributed by atoms with E-state index in [2.05, 4.69) is 27.3 Å². The standard InChI is InChI=1S/C22H26ClN5O2/c1-2-17-20-21(28-11-4-3-5-12-28)25-18(26-22(20)30-27-17)9-10-19(29)24-14-15-7-6-8-16(23)13-15/h6-8,13H,2-5,9-12,14H2,1H3,(H,24,29). The summed E-state index contributed by atoms with van der Waals surface area (Å²) in [6, 6.07) is 7.47. The van der Waals surface area contributed by atoms with Gasteiger partial charge in [0.05, 0.1) is 5.69 Å². The summed E-state index contributed by atoms with van der Waals surface area (Å²) >= 11 is 5.99. The molecule has 1 saturated heterocycles. The van der Waals surface area contributed by atoms with Gasteiger partial charge >= 0.3 is 0 Å². The van der Waals surface area contributed by atoms with Crippen LogP contribution in [-0.2, 0) is 24.2 Å². The molecular weight excluding hydrogens is 402 g/mol. The largest absolute Gasteiger partial charge is 0.356 e. The van der Waals surface area contributed by atoms with Crippen LogP contribution in [0, 0.1) is 0 Å². The summed E-state index contributed by atoms with van der Waals surface area (Å²) in [6.07, 6.45) is 5.07. The van der Waals surface area contributed by atoms with Gasteiger partial charge in [0.1, 0.15) is 17.0 Å². The molecule has 2 aromatic heterocycles. The van der Waals surface area contributed by atoms with E-state index in [9.17, 15) is 4.79 Å². The van der Waals surface area contributed by atoms with E-state index < -0.39 is 0 Å². The van der Waals surface area contributed by atoms with Gasteiger partial charge in [0, 0.05) is 37.5 Å². The molecule has 3 aromatic rings. The van der Waals surface area contributed by atoms with Crippen molar-refractivity contribution >= 4 is 34.4 Å². The van der Waals surface area contributed by atoms with Crippen LogP contribution in [0.2, 0.25) is 5.02 Å². The van der Waals surface area contributed by atoms with Crippen molar-refractivity contribution in [1.29, 1.82) is 0 Å². The fourth-order valence-corrected chi connectivity index (χ4v) is 4.00. The second kappa shape index (κ2) is 9.43. The summed E-state index contributed by atoms with van der Waals surface area (Å²) in [7, 11) is 0. The van der Waals surface area contributed by atoms with E-state index in [0.717, 1.165) is 54.8 Å². The minimum absolute atomic E-state index is 0.0509. The average Bonchev–Trinajstić information content (AvgIpc) is 3.19. The number of nitrogens with zero attached hydrogens (tertiary/aromatic N) is 4. The number of hydrogen-bond donors (Lipinski definition) is 1. The van der Waals surface area contributed by atoms with Gasteiger partial charge in [-0.05, 0) is 43.4 Å². The minimum atomic E-state index is -0.0509. The Hall–Kier alpha value is -2.67. The molecule has 0 bridgehead atoms. The van der Waals surface area contributed by atoms with Gasteiger partial charge in [-0.3, -0.25) is 4.79 Å². The van der Waals surface area contributed by atoms with Crippen LogP contribution in [0.15, 0.2) is 28.8 Å². The SMILES string of the molecule is CCc1noc2nc(CCC(=O)NCc3cccc(Cl)c3)nc(N3CCCCC3)c12. The molecule has 30 heavy (non-hydrogen) atoms. The van der Waals surface area contributed by atoms with Crippen molar-refractivity contribution < 1.29 is 9.32 Å². The normalized spacial score (nSPS) is 14.3. The number of aryl methyl sites for hydroxylation is 2. The second-order valence-corrected chi connectivity index (χ2v) is 8.02. The number of hydrogen-bond acceptors (Lipinski definition) is 6. The third-order valence-electron chi connectivity index (χ3n) is 5.38. The maximum atomic E-state index is 12.3. The summed E-state index contributed by atoms with van der Waals surface area (Å²) < 4.78 is 5.49. The summed E-state index contributed by atoms with van der Waals surface area (Å²) in [6.45, 7) is 4.44. The van der Waals surface area contributed by atoms with Crippen LogP contribution in [0.4, 0.5) is 5.82 Å². The second-order valence-electron chi connectivity index (χ2n) is 7.58. The Balaban J connectivity index is 1.46. The Labute approximate surface area is 180 Å². The van der Waals surface area contributed by atoms with Crippen LogP contribution in [0.3, 0.4) is 0 Å². The number of rotatable bonds is 7. The lowest BCUT2D eigenvalue weighted by atomic mass is 10.1. The number of halogens is 1. The molecule has 8 heteroatoms. The molecule has 1 aromatic carbocycles. The highest BCUT2D eigenvalue weighted by atomic mass is 35.5. The van der Waals surface area contributed by atoms with Gasteiger partial charge in [0.2, 0.25) is 5.91 Å². The Kier molecular flexibility index (Phi) is 6.47. The van der Waals surface area contributed by atoms with E-state index in [0.29, 0.717) is 35.9 Å². The van der Waals surface area contributed by atoms with Crippen molar-refractivity contribution in [2.75, 3.05) is 18.0 Å². The molecule has 1 aliphatic rings. The molecule has 4 rings (SSSR count). The van der Waals surface area contributed by atoms with Gasteiger partial charge < -0.3 is 14.7 Å². The van der Waals surface area contributed by atoms with E-state index in [1.807, 2.05) is 24.3 Å². The van der Waals surface area contributed by atoms with Crippen molar-refractivity contribution in [1.82, 2.24) is 20.4 Å². The van der Waals surface area contributed by atoms with Crippen molar-refractivity contribution in [2.45, 2.75) is 52.0 Å². The van der Waals surface area contributed by atoms with Gasteiger partial charge in [0.25, 0.3) is 5.71 Å². The van der Waals surface area contributed by atoms with Gasteiger partial charge in [0.15, 0.2) is 0 Å². The Morgan fingerprint density at radius 3 is 2.83 bits per heavy atom. The third-order valence-corrected chi connectivity index (χ3v) is 5.61. The Morgan fingerprint density at radius 2 is 2.07 bits per heavy atom. The predicted molar refractivity (Wildman–Crippen MR) is 117 cm³/mol. The van der Waals surface area contributed by atoms with E-state index in [4.69, 9.17) is 21.1 Å². The Bertz CT molecular complexity index is 1030. The quantitative estimate of drug-likeness (QED) is 0.611. The van der Waals surface area contributed by atoms with Crippen molar-refractivity contribution in [3.8, 4) is 0 Å². The third kappa shape index (κ3) is 4.73. The van der Waals surface area contributed by atoms with Crippen LogP contribution in [0.25, 0.3) is 11.1 Å². The summed E-state index contributed by atoms with van der Waals surface area (Å²) in [5, 5.41) is 8.68. The molecule has 158 valence electrons. The lowest BCUT2D eigenvalue weighted by molar-refractivity contribution is -0.121. The first-order chi connectivity index (χ1) is 14.6. The number of anilines is 1. The zero-order valence-electron chi connectivity index (χ0n) is 17.2. The highest BCUT2D eigenvalue weighted by Crippen LogP contribution is 2.29. The number of nitrogens with one attached hydrogen (secondary N) is 1. The summed E-state index contributed by atoms with van der Waals surface area (Å²) in [5.41, 5.74) is 2.36. The molecule has 7 nitrogen and oxygen atoms in total. The summed E-state index contributed by atoms with van der Waals surface area (Å²) in [4.78, 5) is 24.0. The average molecular weight is 428 g/mol. The van der Waals surface area contributed by atoms with Crippen LogP contribution in [0.5, 0.6) is 0 Å². The maximum absolute atomic E-state index is 12.3. The molecule has 1 amide bonds. The van der Waals surface area contributed by atoms with E-state index in [1.54, 1.807) is 0 Å². The van der Waals surface area contributed by atoms with E-state index in [1.165, 1.54) is 6.42 Å². The molecule has 0 aliphatic carbocycles. The van der Waals surface area contributed by atoms with Crippen LogP contribution in [-0.4, -0.2) is 34.1 Å². The fraction of sp³-hybridized carbons (Fsp3) is 0.455. The van der Waals surface area contributed by atoms with Gasteiger partial charge in [-0.25, -0.2) is 4.98 Å². The molecule has 0 unspecified atom stereocenters. The van der Waals surface area contributed by atoms with Gasteiger partial charge in [-0.15, -0.1) is 0 Å². The van der Waals surface area contributed by atoms with E-state index in [-0.39, 0.29) is 5.91 Å². The predicted octanol–water partition coefficient (Wildman–Crippen LogP) is 4.07. The molecule has 3 heterocycles. The topological polar surface area (TPSA) is 84.1 Å². The van der Waals surface area contributed by atoms with Crippen LogP contribution in [0.1, 0.15) is 49.7 Å². The number of piperidine rings is 1. The molecular formula is C22H26ClN5O2. The zero-order valence-corrected chi connectivity index (χ0v) is 17.9. The van der Waals surface area contributed by atoms with Gasteiger partial charge in [-0.1, -0.05) is 35.8 Å².